The van der Waals surface area contributed by atoms with Gasteiger partial charge in [0.15, 0.2) is 0 Å². The van der Waals surface area contributed by atoms with Crippen molar-refractivity contribution in [1.82, 2.24) is 0 Å². The zero-order chi connectivity index (χ0) is 8.91. The van der Waals surface area contributed by atoms with Crippen molar-refractivity contribution in [2.75, 3.05) is 13.2 Å². The SMILES string of the molecule is CC(F)(F)CCOCC(F)F. The van der Waals surface area contributed by atoms with Crippen molar-refractivity contribution >= 4 is 0 Å². The summed E-state index contributed by atoms with van der Waals surface area (Å²) in [5.41, 5.74) is 0. The van der Waals surface area contributed by atoms with Crippen LogP contribution in [0.4, 0.5) is 17.6 Å². The predicted octanol–water partition coefficient (Wildman–Crippen LogP) is 2.31. The quantitative estimate of drug-likeness (QED) is 0.459. The van der Waals surface area contributed by atoms with Gasteiger partial charge >= 0.3 is 0 Å². The molecule has 0 amide bonds. The van der Waals surface area contributed by atoms with Gasteiger partial charge in [-0.2, -0.15) is 0 Å². The lowest BCUT2D eigenvalue weighted by Gasteiger charge is -2.09. The molecule has 0 bridgehead atoms. The smallest absolute Gasteiger partial charge is 0.261 e. The highest BCUT2D eigenvalue weighted by atomic mass is 19.3. The van der Waals surface area contributed by atoms with Gasteiger partial charge in [0, 0.05) is 6.42 Å². The van der Waals surface area contributed by atoms with Gasteiger partial charge in [0.1, 0.15) is 6.61 Å². The first-order valence-electron chi connectivity index (χ1n) is 3.15. The topological polar surface area (TPSA) is 9.23 Å². The van der Waals surface area contributed by atoms with Gasteiger partial charge < -0.3 is 4.74 Å². The lowest BCUT2D eigenvalue weighted by atomic mass is 10.3. The van der Waals surface area contributed by atoms with Crippen LogP contribution in [0.5, 0.6) is 0 Å². The standard InChI is InChI=1S/C6H10F4O/c1-6(9,10)2-3-11-4-5(7)8/h5H,2-4H2,1H3. The Morgan fingerprint density at radius 3 is 2.27 bits per heavy atom. The van der Waals surface area contributed by atoms with Gasteiger partial charge in [0.2, 0.25) is 5.92 Å². The van der Waals surface area contributed by atoms with Crippen molar-refractivity contribution in [2.45, 2.75) is 25.7 Å². The number of hydrogen-bond acceptors (Lipinski definition) is 1. The van der Waals surface area contributed by atoms with E-state index >= 15 is 0 Å². The monoisotopic (exact) mass is 174 g/mol. The molecule has 0 atom stereocenters. The highest BCUT2D eigenvalue weighted by Gasteiger charge is 2.20. The highest BCUT2D eigenvalue weighted by Crippen LogP contribution is 2.16. The maximum absolute atomic E-state index is 12.0. The molecule has 0 unspecified atom stereocenters. The Kier molecular flexibility index (Phi) is 4.40. The maximum atomic E-state index is 12.0. The Labute approximate surface area is 62.3 Å². The molecule has 0 saturated heterocycles. The molecule has 0 aromatic rings. The molecule has 1 nitrogen and oxygen atoms in total. The Balaban J connectivity index is 3.15. The van der Waals surface area contributed by atoms with E-state index in [0.29, 0.717) is 0 Å². The third-order valence-corrected chi connectivity index (χ3v) is 0.929. The summed E-state index contributed by atoms with van der Waals surface area (Å²) < 4.78 is 50.9. The van der Waals surface area contributed by atoms with E-state index in [0.717, 1.165) is 6.92 Å². The molecule has 0 saturated carbocycles. The van der Waals surface area contributed by atoms with E-state index in [-0.39, 0.29) is 6.61 Å². The van der Waals surface area contributed by atoms with Crippen molar-refractivity contribution < 1.29 is 22.3 Å². The molecule has 0 aliphatic carbocycles. The zero-order valence-corrected chi connectivity index (χ0v) is 6.12. The van der Waals surface area contributed by atoms with E-state index in [1.165, 1.54) is 0 Å². The molecule has 0 fully saturated rings. The molecule has 0 spiro atoms. The van der Waals surface area contributed by atoms with E-state index in [1.54, 1.807) is 0 Å². The van der Waals surface area contributed by atoms with Crippen LogP contribution in [0.1, 0.15) is 13.3 Å². The summed E-state index contributed by atoms with van der Waals surface area (Å²) in [6, 6.07) is 0. The molecule has 0 aromatic carbocycles. The highest BCUT2D eigenvalue weighted by molar-refractivity contribution is 4.56. The summed E-state index contributed by atoms with van der Waals surface area (Å²) >= 11 is 0. The van der Waals surface area contributed by atoms with Crippen molar-refractivity contribution in [2.24, 2.45) is 0 Å². The molecule has 0 aliphatic rings. The van der Waals surface area contributed by atoms with Crippen LogP contribution >= 0.6 is 0 Å². The van der Waals surface area contributed by atoms with Gasteiger partial charge in [-0.1, -0.05) is 0 Å². The second kappa shape index (κ2) is 4.54. The molecule has 0 N–H and O–H groups in total. The van der Waals surface area contributed by atoms with Crippen molar-refractivity contribution in [3.63, 3.8) is 0 Å². The molecule has 5 heteroatoms. The molecule has 11 heavy (non-hydrogen) atoms. The van der Waals surface area contributed by atoms with E-state index in [9.17, 15) is 17.6 Å². The second-order valence-electron chi connectivity index (χ2n) is 2.29. The zero-order valence-electron chi connectivity index (χ0n) is 6.12. The van der Waals surface area contributed by atoms with Gasteiger partial charge in [-0.3, -0.25) is 0 Å². The third-order valence-electron chi connectivity index (χ3n) is 0.929. The first kappa shape index (κ1) is 10.7. The minimum Gasteiger partial charge on any atom is -0.375 e. The summed E-state index contributed by atoms with van der Waals surface area (Å²) in [5.74, 6) is -2.83. The second-order valence-corrected chi connectivity index (χ2v) is 2.29. The Hall–Kier alpha value is -0.320. The van der Waals surface area contributed by atoms with Gasteiger partial charge in [0.25, 0.3) is 6.43 Å². The molecule has 0 aliphatic heterocycles. The molecular weight excluding hydrogens is 164 g/mol. The van der Waals surface area contributed by atoms with E-state index in [1.807, 2.05) is 0 Å². The average Bonchev–Trinajstić information content (AvgIpc) is 1.78. The van der Waals surface area contributed by atoms with Gasteiger partial charge in [-0.15, -0.1) is 0 Å². The number of rotatable bonds is 5. The first-order valence-corrected chi connectivity index (χ1v) is 3.15. The van der Waals surface area contributed by atoms with E-state index in [2.05, 4.69) is 4.74 Å². The van der Waals surface area contributed by atoms with Crippen LogP contribution in [-0.2, 0) is 4.74 Å². The minimum atomic E-state index is -2.83. The van der Waals surface area contributed by atoms with Crippen LogP contribution in [0.25, 0.3) is 0 Å². The first-order chi connectivity index (χ1) is 4.92. The summed E-state index contributed by atoms with van der Waals surface area (Å²) in [7, 11) is 0. The molecule has 0 radical (unpaired) electrons. The summed E-state index contributed by atoms with van der Waals surface area (Å²) in [5, 5.41) is 0. The van der Waals surface area contributed by atoms with Crippen LogP contribution in [0, 0.1) is 0 Å². The summed E-state index contributed by atoms with van der Waals surface area (Å²) in [6.07, 6.45) is -3.10. The lowest BCUT2D eigenvalue weighted by molar-refractivity contribution is -0.0373. The average molecular weight is 174 g/mol. The maximum Gasteiger partial charge on any atom is 0.261 e. The lowest BCUT2D eigenvalue weighted by Crippen LogP contribution is -2.15. The van der Waals surface area contributed by atoms with Crippen LogP contribution in [-0.4, -0.2) is 25.6 Å². The van der Waals surface area contributed by atoms with E-state index in [4.69, 9.17) is 0 Å². The Morgan fingerprint density at radius 1 is 1.36 bits per heavy atom. The fourth-order valence-electron chi connectivity index (χ4n) is 0.424. The molecule has 68 valence electrons. The molecular formula is C6H10F4O. The number of halogens is 4. The molecule has 0 aromatic heterocycles. The largest absolute Gasteiger partial charge is 0.375 e. The van der Waals surface area contributed by atoms with Gasteiger partial charge in [-0.25, -0.2) is 17.6 Å². The molecule has 0 rings (SSSR count). The number of ether oxygens (including phenoxy) is 1. The fourth-order valence-corrected chi connectivity index (χ4v) is 0.424. The van der Waals surface area contributed by atoms with Gasteiger partial charge in [-0.05, 0) is 6.92 Å². The Bertz CT molecular complexity index is 99.2. The third kappa shape index (κ3) is 9.68. The van der Waals surface area contributed by atoms with Crippen LogP contribution in [0.2, 0.25) is 0 Å². The van der Waals surface area contributed by atoms with Crippen molar-refractivity contribution in [3.05, 3.63) is 0 Å². The summed E-state index contributed by atoms with van der Waals surface area (Å²) in [4.78, 5) is 0. The van der Waals surface area contributed by atoms with Crippen molar-refractivity contribution in [1.29, 1.82) is 0 Å². The normalized spacial score (nSPS) is 12.5. The van der Waals surface area contributed by atoms with Crippen molar-refractivity contribution in [3.8, 4) is 0 Å². The van der Waals surface area contributed by atoms with Crippen LogP contribution in [0.15, 0.2) is 0 Å². The number of hydrogen-bond donors (Lipinski definition) is 0. The number of alkyl halides is 4. The Morgan fingerprint density at radius 2 is 1.91 bits per heavy atom. The van der Waals surface area contributed by atoms with Crippen LogP contribution < -0.4 is 0 Å². The van der Waals surface area contributed by atoms with E-state index < -0.39 is 25.4 Å². The van der Waals surface area contributed by atoms with Gasteiger partial charge in [0.05, 0.1) is 6.61 Å². The fraction of sp³-hybridized carbons (Fsp3) is 1.00. The summed E-state index contributed by atoms with van der Waals surface area (Å²) in [6.45, 7) is -0.372. The molecule has 0 heterocycles. The van der Waals surface area contributed by atoms with Crippen LogP contribution in [0.3, 0.4) is 0 Å². The predicted molar refractivity (Wildman–Crippen MR) is 32.1 cm³/mol. The minimum absolute atomic E-state index is 0.326.